The fourth-order valence-electron chi connectivity index (χ4n) is 1.19. The van der Waals surface area contributed by atoms with Crippen LogP contribution in [-0.4, -0.2) is 4.40 Å². The molecule has 0 saturated heterocycles. The van der Waals surface area contributed by atoms with Crippen molar-refractivity contribution in [2.24, 2.45) is 8.91 Å². The monoisotopic (exact) mass is 373 g/mol. The zero-order valence-corrected chi connectivity index (χ0v) is 13.1. The average molecular weight is 373 g/mol. The van der Waals surface area contributed by atoms with E-state index < -0.39 is 17.9 Å². The third kappa shape index (κ3) is 4.30. The van der Waals surface area contributed by atoms with Crippen molar-refractivity contribution in [2.75, 3.05) is 0 Å². The Kier molecular flexibility index (Phi) is 4.28. The van der Waals surface area contributed by atoms with E-state index in [1.807, 2.05) is 0 Å². The van der Waals surface area contributed by atoms with Gasteiger partial charge in [0.15, 0.2) is 0 Å². The van der Waals surface area contributed by atoms with Gasteiger partial charge < -0.3 is 0 Å². The van der Waals surface area contributed by atoms with Gasteiger partial charge in [0.05, 0.1) is 0 Å². The molecule has 0 aliphatic heterocycles. The molecular formula is C13H19NW. The Morgan fingerprint density at radius 1 is 1.13 bits per heavy atom. The van der Waals surface area contributed by atoms with E-state index in [2.05, 4.69) is 57.2 Å². The van der Waals surface area contributed by atoms with Gasteiger partial charge in [-0.3, -0.25) is 0 Å². The second-order valence-electron chi connectivity index (χ2n) is 4.92. The molecule has 0 heterocycles. The molecule has 0 spiro atoms. The van der Waals surface area contributed by atoms with Crippen LogP contribution in [0.25, 0.3) is 0 Å². The maximum absolute atomic E-state index is 4.80. The molecule has 1 aromatic rings. The van der Waals surface area contributed by atoms with E-state index in [1.165, 1.54) is 16.8 Å². The first kappa shape index (κ1) is 12.6. The molecule has 0 N–H and O–H groups in total. The fourth-order valence-corrected chi connectivity index (χ4v) is 3.93. The van der Waals surface area contributed by atoms with Crippen LogP contribution in [0.4, 0.5) is 5.69 Å². The summed E-state index contributed by atoms with van der Waals surface area (Å²) in [4.78, 5) is 0. The molecule has 0 saturated carbocycles. The second-order valence-corrected chi connectivity index (χ2v) is 7.18. The van der Waals surface area contributed by atoms with Gasteiger partial charge in [-0.15, -0.1) is 0 Å². The van der Waals surface area contributed by atoms with Gasteiger partial charge in [-0.1, -0.05) is 0 Å². The molecule has 15 heavy (non-hydrogen) atoms. The normalized spacial score (nSPS) is 11.0. The van der Waals surface area contributed by atoms with Crippen molar-refractivity contribution in [3.63, 3.8) is 0 Å². The Balaban J connectivity index is 3.05. The van der Waals surface area contributed by atoms with Gasteiger partial charge in [0, 0.05) is 0 Å². The molecule has 0 amide bonds. The van der Waals surface area contributed by atoms with Gasteiger partial charge in [0.25, 0.3) is 0 Å². The first-order chi connectivity index (χ1) is 6.90. The van der Waals surface area contributed by atoms with Crippen LogP contribution in [-0.2, 0) is 17.9 Å². The molecule has 2 heteroatoms. The van der Waals surface area contributed by atoms with Crippen LogP contribution in [0.3, 0.4) is 0 Å². The van der Waals surface area contributed by atoms with Crippen molar-refractivity contribution in [3.8, 4) is 0 Å². The van der Waals surface area contributed by atoms with E-state index in [-0.39, 0.29) is 0 Å². The van der Waals surface area contributed by atoms with Crippen LogP contribution < -0.4 is 0 Å². The van der Waals surface area contributed by atoms with Crippen molar-refractivity contribution in [3.05, 3.63) is 29.3 Å². The Morgan fingerprint density at radius 3 is 2.13 bits per heavy atom. The third-order valence-corrected chi connectivity index (χ3v) is 5.94. The Labute approximate surface area is 101 Å². The Hall–Kier alpha value is -0.422. The number of aryl methyl sites for hydroxylation is 2. The van der Waals surface area contributed by atoms with E-state index in [4.69, 9.17) is 3.50 Å². The predicted octanol–water partition coefficient (Wildman–Crippen LogP) is 4.05. The van der Waals surface area contributed by atoms with Crippen molar-refractivity contribution in [2.45, 2.75) is 34.6 Å². The molecule has 0 radical (unpaired) electrons. The summed E-state index contributed by atoms with van der Waals surface area (Å²) in [6.07, 6.45) is 0. The van der Waals surface area contributed by atoms with Crippen LogP contribution in [0.2, 0.25) is 0 Å². The predicted molar refractivity (Wildman–Crippen MR) is 63.5 cm³/mol. The summed E-state index contributed by atoms with van der Waals surface area (Å²) in [5.41, 5.74) is 4.16. The number of hydrogen-bond donors (Lipinski definition) is 0. The standard InChI is InChI=1S/C8H9N.C5H10.W/c1-6-4-3-5-7(2)8(6)9;1-5(2,3)4;/h3-5H,1-2H3;1H,2-4H3;. The van der Waals surface area contributed by atoms with Crippen molar-refractivity contribution in [1.82, 2.24) is 0 Å². The average Bonchev–Trinajstić information content (AvgIpc) is 2.08. The second kappa shape index (κ2) is 5.07. The summed E-state index contributed by atoms with van der Waals surface area (Å²) in [5.74, 6) is 0. The van der Waals surface area contributed by atoms with Gasteiger partial charge in [0.1, 0.15) is 0 Å². The van der Waals surface area contributed by atoms with Crippen LogP contribution in [0.5, 0.6) is 0 Å². The molecule has 1 nitrogen and oxygen atoms in total. The topological polar surface area (TPSA) is 12.4 Å². The first-order valence-electron chi connectivity index (χ1n) is 5.17. The number of rotatable bonds is 1. The number of hydrogen-bond acceptors (Lipinski definition) is 1. The van der Waals surface area contributed by atoms with E-state index in [0.717, 1.165) is 0 Å². The molecule has 0 aromatic heterocycles. The van der Waals surface area contributed by atoms with Gasteiger partial charge in [-0.2, -0.15) is 0 Å². The maximum atomic E-state index is 4.80. The molecule has 1 rings (SSSR count). The van der Waals surface area contributed by atoms with E-state index in [9.17, 15) is 0 Å². The van der Waals surface area contributed by atoms with Crippen molar-refractivity contribution >= 4 is 10.1 Å². The zero-order valence-electron chi connectivity index (χ0n) is 10.2. The zero-order chi connectivity index (χ0) is 11.5. The minimum absolute atomic E-state index is 0.324. The molecule has 0 bridgehead atoms. The molecule has 0 aliphatic rings. The summed E-state index contributed by atoms with van der Waals surface area (Å²) in [5, 5.41) is 0. The van der Waals surface area contributed by atoms with Crippen LogP contribution >= 0.6 is 0 Å². The van der Waals surface area contributed by atoms with Crippen molar-refractivity contribution in [1.29, 1.82) is 0 Å². The van der Waals surface area contributed by atoms with Gasteiger partial charge >= 0.3 is 101 Å². The Morgan fingerprint density at radius 2 is 1.67 bits per heavy atom. The molecule has 0 fully saturated rings. The summed E-state index contributed by atoms with van der Waals surface area (Å²) >= 11 is -0.681. The van der Waals surface area contributed by atoms with E-state index >= 15 is 0 Å². The number of nitrogens with zero attached hydrogens (tertiary/aromatic N) is 1. The minimum atomic E-state index is -0.681. The SMILES string of the molecule is Cc1cccc(C)c1[N]=[W]=[CH]C(C)(C)C. The van der Waals surface area contributed by atoms with E-state index in [0.29, 0.717) is 5.41 Å². The van der Waals surface area contributed by atoms with Crippen LogP contribution in [0.15, 0.2) is 21.7 Å². The molecular weight excluding hydrogens is 354 g/mol. The Bertz CT molecular complexity index is 387. The van der Waals surface area contributed by atoms with Crippen molar-refractivity contribution < 1.29 is 17.9 Å². The van der Waals surface area contributed by atoms with Gasteiger partial charge in [-0.05, 0) is 0 Å². The summed E-state index contributed by atoms with van der Waals surface area (Å²) < 4.78 is 7.22. The number of benzene rings is 1. The summed E-state index contributed by atoms with van der Waals surface area (Å²) in [7, 11) is 0. The van der Waals surface area contributed by atoms with Gasteiger partial charge in [0.2, 0.25) is 0 Å². The van der Waals surface area contributed by atoms with Gasteiger partial charge in [-0.25, -0.2) is 0 Å². The molecule has 82 valence electrons. The van der Waals surface area contributed by atoms with Crippen LogP contribution in [0.1, 0.15) is 31.9 Å². The first-order valence-corrected chi connectivity index (χ1v) is 8.18. The quantitative estimate of drug-likeness (QED) is 0.705. The fraction of sp³-hybridized carbons (Fsp3) is 0.462. The molecule has 1 aromatic carbocycles. The summed E-state index contributed by atoms with van der Waals surface area (Å²) in [6.45, 7) is 11.0. The molecule has 0 unspecified atom stereocenters. The third-order valence-electron chi connectivity index (χ3n) is 1.99. The molecule has 0 aliphatic carbocycles. The van der Waals surface area contributed by atoms with Crippen LogP contribution in [0, 0.1) is 19.3 Å². The van der Waals surface area contributed by atoms with E-state index in [1.54, 1.807) is 0 Å². The summed E-state index contributed by atoms with van der Waals surface area (Å²) in [6, 6.07) is 6.38. The molecule has 0 atom stereocenters.